The van der Waals surface area contributed by atoms with Gasteiger partial charge in [0.15, 0.2) is 0 Å². The van der Waals surface area contributed by atoms with Gasteiger partial charge in [-0.3, -0.25) is 0 Å². The zero-order valence-corrected chi connectivity index (χ0v) is 12.1. The van der Waals surface area contributed by atoms with Crippen LogP contribution in [-0.2, 0) is 9.84 Å². The van der Waals surface area contributed by atoms with E-state index in [1.54, 1.807) is 6.92 Å². The van der Waals surface area contributed by atoms with Crippen LogP contribution in [0, 0.1) is 5.92 Å². The van der Waals surface area contributed by atoms with E-state index in [1.807, 2.05) is 0 Å². The lowest BCUT2D eigenvalue weighted by molar-refractivity contribution is 0.448. The van der Waals surface area contributed by atoms with Crippen LogP contribution < -0.4 is 5.32 Å². The Balaban J connectivity index is 2.14. The molecule has 1 N–H and O–H groups in total. The average Bonchev–Trinajstić information content (AvgIpc) is 2.50. The highest BCUT2D eigenvalue weighted by Crippen LogP contribution is 2.22. The van der Waals surface area contributed by atoms with Crippen LogP contribution in [0.1, 0.15) is 52.4 Å². The van der Waals surface area contributed by atoms with Gasteiger partial charge in [0.2, 0.25) is 0 Å². The summed E-state index contributed by atoms with van der Waals surface area (Å²) in [5, 5.41) is 3.51. The maximum Gasteiger partial charge on any atom is 0.150 e. The third-order valence-electron chi connectivity index (χ3n) is 3.76. The van der Waals surface area contributed by atoms with E-state index < -0.39 is 9.84 Å². The third-order valence-corrected chi connectivity index (χ3v) is 5.55. The Morgan fingerprint density at radius 2 is 1.94 bits per heavy atom. The first-order valence-electron chi connectivity index (χ1n) is 6.97. The smallest absolute Gasteiger partial charge is 0.150 e. The fourth-order valence-electron chi connectivity index (χ4n) is 2.43. The second-order valence-electron chi connectivity index (χ2n) is 5.35. The summed E-state index contributed by atoms with van der Waals surface area (Å²) in [6.45, 7) is 4.89. The van der Waals surface area contributed by atoms with Crippen molar-refractivity contribution in [3.05, 3.63) is 0 Å². The number of hydrogen-bond donors (Lipinski definition) is 1. The van der Waals surface area contributed by atoms with E-state index in [4.69, 9.17) is 0 Å². The molecule has 0 saturated heterocycles. The standard InChI is InChI=1S/C13H27NO2S/c1-3-17(15,16)11-5-10-14-13-7-4-6-12(2)8-9-13/h12-14H,3-11H2,1-2H3. The summed E-state index contributed by atoms with van der Waals surface area (Å²) < 4.78 is 22.6. The largest absolute Gasteiger partial charge is 0.314 e. The van der Waals surface area contributed by atoms with Crippen LogP contribution in [0.15, 0.2) is 0 Å². The van der Waals surface area contributed by atoms with Gasteiger partial charge in [-0.25, -0.2) is 8.42 Å². The van der Waals surface area contributed by atoms with Crippen molar-refractivity contribution in [1.82, 2.24) is 5.32 Å². The minimum Gasteiger partial charge on any atom is -0.314 e. The first kappa shape index (κ1) is 15.0. The monoisotopic (exact) mass is 261 g/mol. The Kier molecular flexibility index (Phi) is 6.49. The molecule has 1 aliphatic rings. The van der Waals surface area contributed by atoms with E-state index >= 15 is 0 Å². The summed E-state index contributed by atoms with van der Waals surface area (Å²) in [7, 11) is -2.78. The molecule has 3 nitrogen and oxygen atoms in total. The average molecular weight is 261 g/mol. The number of sulfone groups is 1. The Morgan fingerprint density at radius 3 is 2.65 bits per heavy atom. The zero-order chi connectivity index (χ0) is 12.7. The van der Waals surface area contributed by atoms with E-state index in [9.17, 15) is 8.42 Å². The lowest BCUT2D eigenvalue weighted by Gasteiger charge is -2.16. The summed E-state index contributed by atoms with van der Waals surface area (Å²) in [4.78, 5) is 0. The Bertz CT molecular complexity index is 301. The van der Waals surface area contributed by atoms with Gasteiger partial charge < -0.3 is 5.32 Å². The maximum absolute atomic E-state index is 11.3. The van der Waals surface area contributed by atoms with Crippen molar-refractivity contribution in [2.75, 3.05) is 18.1 Å². The SMILES string of the molecule is CCS(=O)(=O)CCCNC1CCCC(C)CC1. The van der Waals surface area contributed by atoms with Crippen LogP contribution in [0.5, 0.6) is 0 Å². The fourth-order valence-corrected chi connectivity index (χ4v) is 3.31. The Morgan fingerprint density at radius 1 is 1.18 bits per heavy atom. The van der Waals surface area contributed by atoms with Crippen molar-refractivity contribution < 1.29 is 8.42 Å². The first-order valence-corrected chi connectivity index (χ1v) is 8.79. The molecule has 0 aliphatic heterocycles. The molecule has 102 valence electrons. The predicted molar refractivity (Wildman–Crippen MR) is 73.0 cm³/mol. The Labute approximate surface area is 106 Å². The van der Waals surface area contributed by atoms with E-state index in [1.165, 1.54) is 32.1 Å². The molecule has 1 fully saturated rings. The van der Waals surface area contributed by atoms with Gasteiger partial charge in [0.25, 0.3) is 0 Å². The van der Waals surface area contributed by atoms with E-state index in [-0.39, 0.29) is 5.75 Å². The van der Waals surface area contributed by atoms with Gasteiger partial charge >= 0.3 is 0 Å². The van der Waals surface area contributed by atoms with Gasteiger partial charge in [-0.2, -0.15) is 0 Å². The minimum atomic E-state index is -2.78. The molecule has 0 amide bonds. The van der Waals surface area contributed by atoms with Crippen molar-refractivity contribution in [2.24, 2.45) is 5.92 Å². The van der Waals surface area contributed by atoms with Crippen molar-refractivity contribution >= 4 is 9.84 Å². The molecule has 2 atom stereocenters. The lowest BCUT2D eigenvalue weighted by atomic mass is 10.0. The topological polar surface area (TPSA) is 46.2 Å². The van der Waals surface area contributed by atoms with E-state index in [0.29, 0.717) is 11.8 Å². The van der Waals surface area contributed by atoms with Crippen molar-refractivity contribution in [3.8, 4) is 0 Å². The molecule has 0 bridgehead atoms. The van der Waals surface area contributed by atoms with E-state index in [2.05, 4.69) is 12.2 Å². The van der Waals surface area contributed by atoms with Crippen LogP contribution in [-0.4, -0.2) is 32.5 Å². The number of nitrogens with one attached hydrogen (secondary N) is 1. The van der Waals surface area contributed by atoms with E-state index in [0.717, 1.165) is 18.9 Å². The van der Waals surface area contributed by atoms with Gasteiger partial charge in [-0.15, -0.1) is 0 Å². The van der Waals surface area contributed by atoms with Crippen molar-refractivity contribution in [3.63, 3.8) is 0 Å². The van der Waals surface area contributed by atoms with Crippen LogP contribution in [0.25, 0.3) is 0 Å². The molecule has 17 heavy (non-hydrogen) atoms. The molecule has 1 saturated carbocycles. The quantitative estimate of drug-likeness (QED) is 0.590. The molecule has 0 aromatic rings. The van der Waals surface area contributed by atoms with Crippen LogP contribution in [0.2, 0.25) is 0 Å². The molecule has 0 aromatic heterocycles. The molecule has 0 heterocycles. The van der Waals surface area contributed by atoms with Gasteiger partial charge in [-0.1, -0.05) is 26.7 Å². The summed E-state index contributed by atoms with van der Waals surface area (Å²) in [5.74, 6) is 1.47. The third kappa shape index (κ3) is 6.41. The molecule has 0 spiro atoms. The van der Waals surface area contributed by atoms with Gasteiger partial charge in [0, 0.05) is 11.8 Å². The highest BCUT2D eigenvalue weighted by atomic mass is 32.2. The number of rotatable bonds is 6. The first-order chi connectivity index (χ1) is 8.03. The summed E-state index contributed by atoms with van der Waals surface area (Å²) in [5.41, 5.74) is 0. The molecular formula is C13H27NO2S. The Hall–Kier alpha value is -0.0900. The van der Waals surface area contributed by atoms with Crippen molar-refractivity contribution in [2.45, 2.75) is 58.4 Å². The van der Waals surface area contributed by atoms with Crippen LogP contribution in [0.3, 0.4) is 0 Å². The highest BCUT2D eigenvalue weighted by Gasteiger charge is 2.15. The van der Waals surface area contributed by atoms with Crippen LogP contribution in [0.4, 0.5) is 0 Å². The minimum absolute atomic E-state index is 0.272. The molecular weight excluding hydrogens is 234 g/mol. The lowest BCUT2D eigenvalue weighted by Crippen LogP contribution is -2.30. The second kappa shape index (κ2) is 7.37. The molecule has 1 rings (SSSR count). The van der Waals surface area contributed by atoms with Gasteiger partial charge in [0.1, 0.15) is 9.84 Å². The van der Waals surface area contributed by atoms with Crippen molar-refractivity contribution in [1.29, 1.82) is 0 Å². The van der Waals surface area contributed by atoms with Crippen LogP contribution >= 0.6 is 0 Å². The summed E-state index contributed by atoms with van der Waals surface area (Å²) >= 11 is 0. The van der Waals surface area contributed by atoms with Gasteiger partial charge in [0.05, 0.1) is 5.75 Å². The fraction of sp³-hybridized carbons (Fsp3) is 1.00. The number of hydrogen-bond acceptors (Lipinski definition) is 3. The summed E-state index contributed by atoms with van der Waals surface area (Å²) in [6.07, 6.45) is 7.23. The predicted octanol–water partition coefficient (Wildman–Crippen LogP) is 2.37. The normalized spacial score (nSPS) is 26.7. The molecule has 2 unspecified atom stereocenters. The summed E-state index contributed by atoms with van der Waals surface area (Å²) in [6, 6.07) is 0.615. The highest BCUT2D eigenvalue weighted by molar-refractivity contribution is 7.91. The molecule has 0 aromatic carbocycles. The zero-order valence-electron chi connectivity index (χ0n) is 11.2. The molecule has 4 heteroatoms. The maximum atomic E-state index is 11.3. The second-order valence-corrected chi connectivity index (χ2v) is 7.83. The molecule has 1 aliphatic carbocycles. The molecule has 0 radical (unpaired) electrons. The van der Waals surface area contributed by atoms with Gasteiger partial charge in [-0.05, 0) is 38.1 Å².